The van der Waals surface area contributed by atoms with E-state index >= 15 is 0 Å². The third kappa shape index (κ3) is 20.2. The average molecular weight is 320 g/mol. The Bertz CT molecular complexity index is 260. The van der Waals surface area contributed by atoms with Gasteiger partial charge < -0.3 is 6.74 Å². The summed E-state index contributed by atoms with van der Waals surface area (Å²) in [5.41, 5.74) is 0. The van der Waals surface area contributed by atoms with E-state index in [1.54, 1.807) is 7.05 Å². The minimum atomic E-state index is 0. The van der Waals surface area contributed by atoms with Gasteiger partial charge in [-0.05, 0) is 32.1 Å². The van der Waals surface area contributed by atoms with E-state index in [1.807, 2.05) is 0 Å². The van der Waals surface area contributed by atoms with Crippen LogP contribution in [0.25, 0.3) is 0 Å². The van der Waals surface area contributed by atoms with Gasteiger partial charge in [0.15, 0.2) is 0 Å². The zero-order chi connectivity index (χ0) is 15.6. The predicted octanol–water partition coefficient (Wildman–Crippen LogP) is 2.89. The molecule has 0 aliphatic carbocycles. The number of unbranched alkanes of at least 4 members (excludes halogenated alkanes) is 11. The van der Waals surface area contributed by atoms with Gasteiger partial charge in [0.1, 0.15) is 0 Å². The van der Waals surface area contributed by atoms with Gasteiger partial charge in [-0.15, -0.1) is 0 Å². The van der Waals surface area contributed by atoms with Crippen molar-refractivity contribution in [2.45, 2.75) is 96.8 Å². The van der Waals surface area contributed by atoms with Gasteiger partial charge in [-0.3, -0.25) is 4.79 Å². The molecule has 0 radical (unpaired) electrons. The molecule has 22 heavy (non-hydrogen) atoms. The smallest absolute Gasteiger partial charge is 1.00 e. The Morgan fingerprint density at radius 2 is 1.27 bits per heavy atom. The van der Waals surface area contributed by atoms with Crippen LogP contribution in [0, 0.1) is 0 Å². The number of allylic oxidation sites excluding steroid dienone is 2. The fraction of sp³-hybridized carbons (Fsp3) is 0.842. The minimum Gasteiger partial charge on any atom is -1.00 e. The molecule has 0 aliphatic heterocycles. The number of rotatable bonds is 15. The van der Waals surface area contributed by atoms with Crippen molar-refractivity contribution < 1.29 is 35.8 Å². The monoisotopic (exact) mass is 319 g/mol. The summed E-state index contributed by atoms with van der Waals surface area (Å²) in [5.74, 6) is 0.174. The van der Waals surface area contributed by atoms with Gasteiger partial charge in [0.2, 0.25) is 5.91 Å². The van der Waals surface area contributed by atoms with Crippen LogP contribution in [0.5, 0.6) is 0 Å². The topological polar surface area (TPSA) is 29.1 Å². The number of carbonyl (C=O) groups excluding carboxylic acids is 1. The van der Waals surface area contributed by atoms with Crippen molar-refractivity contribution >= 4 is 5.91 Å². The maximum absolute atomic E-state index is 11.0. The molecule has 1 N–H and O–H groups in total. The van der Waals surface area contributed by atoms with Crippen molar-refractivity contribution in [2.24, 2.45) is 0 Å². The van der Waals surface area contributed by atoms with Crippen molar-refractivity contribution in [3.8, 4) is 0 Å². The molecule has 0 rings (SSSR count). The van der Waals surface area contributed by atoms with Crippen LogP contribution >= 0.6 is 0 Å². The Morgan fingerprint density at radius 1 is 0.818 bits per heavy atom. The Kier molecular flexibility index (Phi) is 23.6. The van der Waals surface area contributed by atoms with Crippen LogP contribution in [0.3, 0.4) is 0 Å². The van der Waals surface area contributed by atoms with Crippen LogP contribution in [0.1, 0.15) is 98.2 Å². The SMILES string of the molecule is CCCCCCCC/C=C\CCCCCCCC(=O)NC.[H-].[Na+]. The van der Waals surface area contributed by atoms with Crippen LogP contribution in [0.4, 0.5) is 0 Å². The van der Waals surface area contributed by atoms with E-state index in [2.05, 4.69) is 24.4 Å². The zero-order valence-corrected chi connectivity index (χ0v) is 17.5. The number of carbonyl (C=O) groups is 1. The Hall–Kier alpha value is 0.210. The Balaban J connectivity index is -0.00000200. The van der Waals surface area contributed by atoms with Crippen molar-refractivity contribution in [2.75, 3.05) is 7.05 Å². The maximum atomic E-state index is 11.0. The first-order valence-corrected chi connectivity index (χ1v) is 9.16. The summed E-state index contributed by atoms with van der Waals surface area (Å²) in [6.07, 6.45) is 22.3. The fourth-order valence-corrected chi connectivity index (χ4v) is 2.48. The predicted molar refractivity (Wildman–Crippen MR) is 94.6 cm³/mol. The molecule has 0 aromatic rings. The van der Waals surface area contributed by atoms with Crippen LogP contribution in [-0.4, -0.2) is 13.0 Å². The van der Waals surface area contributed by atoms with E-state index in [-0.39, 0.29) is 36.9 Å². The van der Waals surface area contributed by atoms with Gasteiger partial charge in [-0.2, -0.15) is 0 Å². The van der Waals surface area contributed by atoms with Crippen LogP contribution in [0.15, 0.2) is 12.2 Å². The molecular weight excluding hydrogens is 281 g/mol. The van der Waals surface area contributed by atoms with E-state index in [4.69, 9.17) is 0 Å². The van der Waals surface area contributed by atoms with E-state index in [1.165, 1.54) is 77.0 Å². The average Bonchev–Trinajstić information content (AvgIpc) is 2.50. The largest absolute Gasteiger partial charge is 1.00 e. The van der Waals surface area contributed by atoms with E-state index in [9.17, 15) is 4.79 Å². The van der Waals surface area contributed by atoms with Crippen molar-refractivity contribution in [3.05, 3.63) is 12.2 Å². The first-order chi connectivity index (χ1) is 10.3. The summed E-state index contributed by atoms with van der Waals surface area (Å²) in [6, 6.07) is 0. The molecule has 126 valence electrons. The standard InChI is InChI=1S/C19H37NO.Na.H/c1-3-4-5-6-7-8-9-10-11-12-13-14-15-16-17-18-19(21)20-2;;/h10-11H,3-9,12-18H2,1-2H3,(H,20,21);;/q;+1;-1/b11-10-;;. The molecule has 0 saturated carbocycles. The van der Waals surface area contributed by atoms with Crippen LogP contribution < -0.4 is 34.9 Å². The molecule has 0 aromatic carbocycles. The molecule has 0 unspecified atom stereocenters. The molecule has 0 fully saturated rings. The molecule has 1 amide bonds. The van der Waals surface area contributed by atoms with Crippen molar-refractivity contribution in [3.63, 3.8) is 0 Å². The molecule has 0 atom stereocenters. The van der Waals surface area contributed by atoms with Gasteiger partial charge in [-0.1, -0.05) is 70.4 Å². The molecule has 0 aromatic heterocycles. The second kappa shape index (κ2) is 21.2. The first-order valence-electron chi connectivity index (χ1n) is 9.16. The normalized spacial score (nSPS) is 10.6. The van der Waals surface area contributed by atoms with Gasteiger partial charge >= 0.3 is 29.6 Å². The third-order valence-electron chi connectivity index (χ3n) is 3.94. The second-order valence-electron chi connectivity index (χ2n) is 6.01. The molecule has 2 nitrogen and oxygen atoms in total. The maximum Gasteiger partial charge on any atom is 1.00 e. The summed E-state index contributed by atoms with van der Waals surface area (Å²) in [4.78, 5) is 11.0. The summed E-state index contributed by atoms with van der Waals surface area (Å²) in [7, 11) is 1.71. The molecular formula is C19H38NNaO. The summed E-state index contributed by atoms with van der Waals surface area (Å²) >= 11 is 0. The van der Waals surface area contributed by atoms with Crippen molar-refractivity contribution in [1.29, 1.82) is 0 Å². The molecule has 0 heterocycles. The van der Waals surface area contributed by atoms with Gasteiger partial charge in [0.25, 0.3) is 0 Å². The minimum absolute atomic E-state index is 0. The second-order valence-corrected chi connectivity index (χ2v) is 6.01. The van der Waals surface area contributed by atoms with Gasteiger partial charge in [0.05, 0.1) is 0 Å². The van der Waals surface area contributed by atoms with E-state index in [0.717, 1.165) is 6.42 Å². The van der Waals surface area contributed by atoms with Gasteiger partial charge in [-0.25, -0.2) is 0 Å². The first kappa shape index (κ1) is 24.5. The third-order valence-corrected chi connectivity index (χ3v) is 3.94. The Labute approximate surface area is 162 Å². The molecule has 0 aliphatic rings. The molecule has 0 bridgehead atoms. The van der Waals surface area contributed by atoms with Gasteiger partial charge in [0, 0.05) is 13.5 Å². The van der Waals surface area contributed by atoms with E-state index in [0.29, 0.717) is 6.42 Å². The number of nitrogens with one attached hydrogen (secondary N) is 1. The number of hydrogen-bond donors (Lipinski definition) is 1. The van der Waals surface area contributed by atoms with E-state index < -0.39 is 0 Å². The molecule has 3 heteroatoms. The number of hydrogen-bond acceptors (Lipinski definition) is 1. The number of amides is 1. The quantitative estimate of drug-likeness (QED) is 0.281. The summed E-state index contributed by atoms with van der Waals surface area (Å²) < 4.78 is 0. The summed E-state index contributed by atoms with van der Waals surface area (Å²) in [6.45, 7) is 2.27. The molecule has 0 saturated heterocycles. The van der Waals surface area contributed by atoms with Crippen LogP contribution in [0.2, 0.25) is 0 Å². The van der Waals surface area contributed by atoms with Crippen molar-refractivity contribution in [1.82, 2.24) is 5.32 Å². The zero-order valence-electron chi connectivity index (χ0n) is 16.5. The Morgan fingerprint density at radius 3 is 1.77 bits per heavy atom. The molecule has 0 spiro atoms. The summed E-state index contributed by atoms with van der Waals surface area (Å²) in [5, 5.41) is 2.67. The van der Waals surface area contributed by atoms with Crippen LogP contribution in [-0.2, 0) is 4.79 Å². The fourth-order valence-electron chi connectivity index (χ4n) is 2.48.